The van der Waals surface area contributed by atoms with Gasteiger partial charge in [-0.1, -0.05) is 28.8 Å². The van der Waals surface area contributed by atoms with E-state index in [2.05, 4.69) is 20.7 Å². The van der Waals surface area contributed by atoms with Crippen molar-refractivity contribution in [3.05, 3.63) is 0 Å². The highest BCUT2D eigenvalue weighted by molar-refractivity contribution is 9.09. The maximum atomic E-state index is 11.7. The smallest absolute Gasteiger partial charge is 0.211 e. The van der Waals surface area contributed by atoms with Crippen molar-refractivity contribution in [1.82, 2.24) is 4.72 Å². The Labute approximate surface area is 113 Å². The van der Waals surface area contributed by atoms with Crippen LogP contribution in [0.25, 0.3) is 0 Å². The van der Waals surface area contributed by atoms with Crippen LogP contribution in [0.15, 0.2) is 0 Å². The Bertz CT molecular complexity index is 308. The molecule has 0 saturated heterocycles. The minimum atomic E-state index is -3.13. The molecule has 1 saturated carbocycles. The van der Waals surface area contributed by atoms with E-state index in [0.29, 0.717) is 30.3 Å². The molecule has 0 bridgehead atoms. The van der Waals surface area contributed by atoms with Crippen molar-refractivity contribution in [2.45, 2.75) is 36.9 Å². The lowest BCUT2D eigenvalue weighted by molar-refractivity contribution is 0.199. The zero-order chi connectivity index (χ0) is 12.7. The summed E-state index contributed by atoms with van der Waals surface area (Å²) < 4.78 is 30.9. The maximum absolute atomic E-state index is 11.7. The fraction of sp³-hybridized carbons (Fsp3) is 1.00. The lowest BCUT2D eigenvalue weighted by Gasteiger charge is -2.27. The predicted octanol–water partition coefficient (Wildman–Crippen LogP) is 1.90. The summed E-state index contributed by atoms with van der Waals surface area (Å²) in [5, 5.41) is 0. The topological polar surface area (TPSA) is 55.4 Å². The number of alkyl halides is 1. The molecule has 0 aromatic carbocycles. The second-order valence-electron chi connectivity index (χ2n) is 4.57. The van der Waals surface area contributed by atoms with Gasteiger partial charge in [0.15, 0.2) is 0 Å². The van der Waals surface area contributed by atoms with Crippen LogP contribution in [0.2, 0.25) is 0 Å². The van der Waals surface area contributed by atoms with E-state index in [9.17, 15) is 8.42 Å². The quantitative estimate of drug-likeness (QED) is 0.574. The fourth-order valence-electron chi connectivity index (χ4n) is 2.09. The van der Waals surface area contributed by atoms with Crippen LogP contribution in [-0.2, 0) is 14.8 Å². The second-order valence-corrected chi connectivity index (χ2v) is 7.68. The minimum absolute atomic E-state index is 0.153. The van der Waals surface area contributed by atoms with Gasteiger partial charge >= 0.3 is 0 Å². The van der Waals surface area contributed by atoms with Gasteiger partial charge < -0.3 is 4.74 Å². The van der Waals surface area contributed by atoms with Crippen LogP contribution in [0.4, 0.5) is 0 Å². The first-order valence-electron chi connectivity index (χ1n) is 6.15. The molecule has 0 aliphatic heterocycles. The van der Waals surface area contributed by atoms with E-state index in [0.717, 1.165) is 12.8 Å². The number of halogens is 1. The molecule has 6 heteroatoms. The van der Waals surface area contributed by atoms with Crippen LogP contribution >= 0.6 is 15.9 Å². The first kappa shape index (κ1) is 15.4. The lowest BCUT2D eigenvalue weighted by Crippen LogP contribution is -2.35. The van der Waals surface area contributed by atoms with Crippen molar-refractivity contribution in [2.24, 2.45) is 5.92 Å². The normalized spacial score (nSPS) is 26.0. The van der Waals surface area contributed by atoms with Crippen LogP contribution in [0.3, 0.4) is 0 Å². The Morgan fingerprint density at radius 1 is 1.35 bits per heavy atom. The molecule has 102 valence electrons. The average molecular weight is 328 g/mol. The largest absolute Gasteiger partial charge is 0.385 e. The van der Waals surface area contributed by atoms with Crippen LogP contribution in [0, 0.1) is 5.92 Å². The highest BCUT2D eigenvalue weighted by Crippen LogP contribution is 2.29. The van der Waals surface area contributed by atoms with Gasteiger partial charge in [-0.05, 0) is 25.2 Å². The first-order chi connectivity index (χ1) is 8.05. The van der Waals surface area contributed by atoms with Crippen molar-refractivity contribution in [2.75, 3.05) is 26.0 Å². The number of hydrogen-bond acceptors (Lipinski definition) is 3. The third kappa shape index (κ3) is 6.18. The van der Waals surface area contributed by atoms with E-state index in [1.54, 1.807) is 7.11 Å². The molecule has 2 atom stereocenters. The summed E-state index contributed by atoms with van der Waals surface area (Å²) in [5.74, 6) is 0.585. The van der Waals surface area contributed by atoms with Gasteiger partial charge in [0.2, 0.25) is 10.0 Å². The summed E-state index contributed by atoms with van der Waals surface area (Å²) in [6.07, 6.45) is 5.26. The molecule has 0 heterocycles. The Morgan fingerprint density at radius 2 is 2.06 bits per heavy atom. The van der Waals surface area contributed by atoms with Gasteiger partial charge in [0.1, 0.15) is 0 Å². The van der Waals surface area contributed by atoms with E-state index >= 15 is 0 Å². The Morgan fingerprint density at radius 3 is 2.71 bits per heavy atom. The minimum Gasteiger partial charge on any atom is -0.385 e. The number of nitrogens with one attached hydrogen (secondary N) is 1. The number of hydrogen-bond donors (Lipinski definition) is 1. The van der Waals surface area contributed by atoms with Gasteiger partial charge in [0, 0.05) is 25.1 Å². The van der Waals surface area contributed by atoms with Gasteiger partial charge in [-0.2, -0.15) is 0 Å². The van der Waals surface area contributed by atoms with Crippen molar-refractivity contribution >= 4 is 26.0 Å². The molecule has 1 N–H and O–H groups in total. The first-order valence-corrected chi connectivity index (χ1v) is 8.72. The zero-order valence-electron chi connectivity index (χ0n) is 10.3. The van der Waals surface area contributed by atoms with E-state index in [1.165, 1.54) is 12.8 Å². The van der Waals surface area contributed by atoms with Crippen LogP contribution in [0.1, 0.15) is 32.1 Å². The highest BCUT2D eigenvalue weighted by atomic mass is 79.9. The fourth-order valence-corrected chi connectivity index (χ4v) is 3.98. The molecule has 0 amide bonds. The summed E-state index contributed by atoms with van der Waals surface area (Å²) in [4.78, 5) is 0.456. The summed E-state index contributed by atoms with van der Waals surface area (Å²) >= 11 is 3.63. The standard InChI is InChI=1S/C11H22BrNO3S/c1-16-7-4-8-17(14,15)13-9-10-5-2-3-6-11(10)12/h10-11,13H,2-9H2,1H3. The number of methoxy groups -OCH3 is 1. The van der Waals surface area contributed by atoms with Crippen molar-refractivity contribution in [3.63, 3.8) is 0 Å². The van der Waals surface area contributed by atoms with Gasteiger partial charge in [-0.3, -0.25) is 0 Å². The Balaban J connectivity index is 2.28. The predicted molar refractivity (Wildman–Crippen MR) is 73.0 cm³/mol. The number of rotatable bonds is 7. The summed E-state index contributed by atoms with van der Waals surface area (Å²) in [6.45, 7) is 1.05. The molecule has 1 aliphatic carbocycles. The molecule has 1 rings (SSSR count). The average Bonchev–Trinajstić information content (AvgIpc) is 2.28. The Kier molecular flexibility index (Phi) is 6.99. The third-order valence-electron chi connectivity index (χ3n) is 3.14. The van der Waals surface area contributed by atoms with Crippen LogP contribution in [0.5, 0.6) is 0 Å². The monoisotopic (exact) mass is 327 g/mol. The Hall–Kier alpha value is 0.350. The molecule has 4 nitrogen and oxygen atoms in total. The summed E-state index contributed by atoms with van der Waals surface area (Å²) in [5.41, 5.74) is 0. The number of ether oxygens (including phenoxy) is 1. The van der Waals surface area contributed by atoms with Crippen molar-refractivity contribution in [1.29, 1.82) is 0 Å². The van der Waals surface area contributed by atoms with Gasteiger partial charge in [0.25, 0.3) is 0 Å². The van der Waals surface area contributed by atoms with E-state index in [-0.39, 0.29) is 5.75 Å². The lowest BCUT2D eigenvalue weighted by atomic mass is 9.89. The molecular weight excluding hydrogens is 306 g/mol. The van der Waals surface area contributed by atoms with Crippen LogP contribution in [-0.4, -0.2) is 39.3 Å². The molecule has 17 heavy (non-hydrogen) atoms. The molecule has 0 aromatic heterocycles. The van der Waals surface area contributed by atoms with Crippen LogP contribution < -0.4 is 4.72 Å². The van der Waals surface area contributed by atoms with E-state index in [4.69, 9.17) is 4.74 Å². The molecular formula is C11H22BrNO3S. The zero-order valence-corrected chi connectivity index (χ0v) is 12.7. The summed E-state index contributed by atoms with van der Waals surface area (Å²) in [6, 6.07) is 0. The molecule has 0 aromatic rings. The van der Waals surface area contributed by atoms with E-state index < -0.39 is 10.0 Å². The SMILES string of the molecule is COCCCS(=O)(=O)NCC1CCCCC1Br. The second kappa shape index (κ2) is 7.71. The molecule has 2 unspecified atom stereocenters. The van der Waals surface area contributed by atoms with Gasteiger partial charge in [-0.15, -0.1) is 0 Å². The molecule has 1 fully saturated rings. The third-order valence-corrected chi connectivity index (χ3v) is 5.78. The highest BCUT2D eigenvalue weighted by Gasteiger charge is 2.24. The van der Waals surface area contributed by atoms with Crippen molar-refractivity contribution in [3.8, 4) is 0 Å². The van der Waals surface area contributed by atoms with Gasteiger partial charge in [0.05, 0.1) is 5.75 Å². The molecule has 0 radical (unpaired) electrons. The molecule has 0 spiro atoms. The van der Waals surface area contributed by atoms with Gasteiger partial charge in [-0.25, -0.2) is 13.1 Å². The number of sulfonamides is 1. The maximum Gasteiger partial charge on any atom is 0.211 e. The van der Waals surface area contributed by atoms with Crippen molar-refractivity contribution < 1.29 is 13.2 Å². The molecule has 1 aliphatic rings. The van der Waals surface area contributed by atoms with E-state index in [1.807, 2.05) is 0 Å². The summed E-state index contributed by atoms with van der Waals surface area (Å²) in [7, 11) is -1.55.